The molecule has 0 aromatic heterocycles. The Kier molecular flexibility index (Phi) is 6.53. The minimum Gasteiger partial charge on any atom is -0.352 e. The van der Waals surface area contributed by atoms with E-state index in [1.807, 2.05) is 31.2 Å². The maximum atomic E-state index is 13.3. The van der Waals surface area contributed by atoms with E-state index in [4.69, 9.17) is 11.6 Å². The summed E-state index contributed by atoms with van der Waals surface area (Å²) in [6.07, 6.45) is 0.139. The van der Waals surface area contributed by atoms with Gasteiger partial charge in [-0.25, -0.2) is 4.39 Å². The third-order valence-electron chi connectivity index (χ3n) is 3.73. The summed E-state index contributed by atoms with van der Waals surface area (Å²) in [4.78, 5) is 25.3. The Balaban J connectivity index is 1.93. The van der Waals surface area contributed by atoms with Gasteiger partial charge in [-0.1, -0.05) is 41.4 Å². The number of anilines is 1. The second kappa shape index (κ2) is 8.62. The van der Waals surface area contributed by atoms with Crippen LogP contribution in [0, 0.1) is 12.7 Å². The molecule has 0 aliphatic heterocycles. The molecule has 0 fully saturated rings. The number of rotatable bonds is 6. The highest BCUT2D eigenvalue weighted by Crippen LogP contribution is 2.23. The Bertz CT molecular complexity index is 780. The van der Waals surface area contributed by atoms with Gasteiger partial charge in [0.25, 0.3) is 0 Å². The van der Waals surface area contributed by atoms with E-state index in [-0.39, 0.29) is 29.8 Å². The van der Waals surface area contributed by atoms with Gasteiger partial charge in [0.15, 0.2) is 0 Å². The van der Waals surface area contributed by atoms with Crippen LogP contribution in [0.3, 0.4) is 0 Å². The SMILES string of the molecule is CC(=O)N(CCC(=O)NCc1cccc(C)c1)c1ccc(F)c(Cl)c1. The first-order valence-corrected chi connectivity index (χ1v) is 8.30. The van der Waals surface area contributed by atoms with Gasteiger partial charge in [0.2, 0.25) is 11.8 Å². The van der Waals surface area contributed by atoms with Crippen LogP contribution in [-0.2, 0) is 16.1 Å². The first kappa shape index (κ1) is 18.9. The summed E-state index contributed by atoms with van der Waals surface area (Å²) in [5, 5.41) is 2.77. The normalized spacial score (nSPS) is 10.4. The van der Waals surface area contributed by atoms with Gasteiger partial charge >= 0.3 is 0 Å². The lowest BCUT2D eigenvalue weighted by Crippen LogP contribution is -2.33. The largest absolute Gasteiger partial charge is 0.352 e. The van der Waals surface area contributed by atoms with Crippen LogP contribution in [0.25, 0.3) is 0 Å². The standard InChI is InChI=1S/C19H20ClFN2O2/c1-13-4-3-5-15(10-13)12-22-19(25)8-9-23(14(2)24)16-6-7-18(21)17(20)11-16/h3-7,10-11H,8-9,12H2,1-2H3,(H,22,25). The van der Waals surface area contributed by atoms with Crippen LogP contribution in [-0.4, -0.2) is 18.4 Å². The molecule has 0 heterocycles. The number of nitrogens with zero attached hydrogens (tertiary/aromatic N) is 1. The van der Waals surface area contributed by atoms with Crippen LogP contribution < -0.4 is 10.2 Å². The molecule has 0 bridgehead atoms. The molecule has 2 aromatic carbocycles. The first-order valence-electron chi connectivity index (χ1n) is 7.92. The second-order valence-corrected chi connectivity index (χ2v) is 6.19. The summed E-state index contributed by atoms with van der Waals surface area (Å²) in [7, 11) is 0. The van der Waals surface area contributed by atoms with Gasteiger partial charge in [0.05, 0.1) is 5.02 Å². The molecule has 4 nitrogen and oxygen atoms in total. The third-order valence-corrected chi connectivity index (χ3v) is 4.02. The summed E-state index contributed by atoms with van der Waals surface area (Å²) in [5.74, 6) is -0.958. The van der Waals surface area contributed by atoms with Crippen molar-refractivity contribution in [1.29, 1.82) is 0 Å². The number of hydrogen-bond donors (Lipinski definition) is 1. The van der Waals surface area contributed by atoms with Crippen molar-refractivity contribution in [3.8, 4) is 0 Å². The minimum absolute atomic E-state index is 0.0624. The van der Waals surface area contributed by atoms with E-state index in [0.29, 0.717) is 12.2 Å². The van der Waals surface area contributed by atoms with Crippen LogP contribution in [0.5, 0.6) is 0 Å². The zero-order chi connectivity index (χ0) is 18.4. The van der Waals surface area contributed by atoms with Crippen molar-refractivity contribution in [1.82, 2.24) is 5.32 Å². The molecule has 0 aliphatic rings. The first-order chi connectivity index (χ1) is 11.9. The highest BCUT2D eigenvalue weighted by atomic mass is 35.5. The number of halogens is 2. The maximum absolute atomic E-state index is 13.3. The number of carbonyl (C=O) groups excluding carboxylic acids is 2. The van der Waals surface area contributed by atoms with Gasteiger partial charge < -0.3 is 10.2 Å². The Morgan fingerprint density at radius 1 is 1.20 bits per heavy atom. The molecule has 1 N–H and O–H groups in total. The number of amides is 2. The fourth-order valence-corrected chi connectivity index (χ4v) is 2.62. The number of aryl methyl sites for hydroxylation is 1. The van der Waals surface area contributed by atoms with Crippen molar-refractivity contribution < 1.29 is 14.0 Å². The molecule has 0 atom stereocenters. The zero-order valence-electron chi connectivity index (χ0n) is 14.2. The summed E-state index contributed by atoms with van der Waals surface area (Å²) >= 11 is 5.76. The summed E-state index contributed by atoms with van der Waals surface area (Å²) in [6.45, 7) is 4.01. The van der Waals surface area contributed by atoms with Crippen molar-refractivity contribution >= 4 is 29.1 Å². The Morgan fingerprint density at radius 2 is 1.96 bits per heavy atom. The molecule has 2 aromatic rings. The molecule has 132 valence electrons. The predicted octanol–water partition coefficient (Wildman–Crippen LogP) is 3.85. The maximum Gasteiger partial charge on any atom is 0.223 e. The Labute approximate surface area is 151 Å². The fraction of sp³-hybridized carbons (Fsp3) is 0.263. The van der Waals surface area contributed by atoms with Gasteiger partial charge in [-0.15, -0.1) is 0 Å². The Hall–Kier alpha value is -2.40. The lowest BCUT2D eigenvalue weighted by Gasteiger charge is -2.21. The van der Waals surface area contributed by atoms with Crippen molar-refractivity contribution in [2.75, 3.05) is 11.4 Å². The Morgan fingerprint density at radius 3 is 2.60 bits per heavy atom. The van der Waals surface area contributed by atoms with Gasteiger partial charge in [0, 0.05) is 32.1 Å². The van der Waals surface area contributed by atoms with Crippen LogP contribution >= 0.6 is 11.6 Å². The minimum atomic E-state index is -0.551. The molecule has 25 heavy (non-hydrogen) atoms. The van der Waals surface area contributed by atoms with E-state index in [9.17, 15) is 14.0 Å². The zero-order valence-corrected chi connectivity index (χ0v) is 14.9. The quantitative estimate of drug-likeness (QED) is 0.848. The van der Waals surface area contributed by atoms with Crippen molar-refractivity contribution in [3.63, 3.8) is 0 Å². The molecule has 0 radical (unpaired) electrons. The predicted molar refractivity (Wildman–Crippen MR) is 97.1 cm³/mol. The molecule has 0 saturated carbocycles. The third kappa shape index (κ3) is 5.57. The van der Waals surface area contributed by atoms with E-state index in [2.05, 4.69) is 5.32 Å². The number of hydrogen-bond acceptors (Lipinski definition) is 2. The van der Waals surface area contributed by atoms with E-state index in [1.54, 1.807) is 0 Å². The molecule has 0 aliphatic carbocycles. The monoisotopic (exact) mass is 362 g/mol. The van der Waals surface area contributed by atoms with Crippen LogP contribution in [0.1, 0.15) is 24.5 Å². The van der Waals surface area contributed by atoms with Crippen molar-refractivity contribution in [2.24, 2.45) is 0 Å². The van der Waals surface area contributed by atoms with E-state index < -0.39 is 5.82 Å². The molecular formula is C19H20ClFN2O2. The molecule has 2 rings (SSSR count). The lowest BCUT2D eigenvalue weighted by atomic mass is 10.1. The molecule has 2 amide bonds. The van der Waals surface area contributed by atoms with Crippen molar-refractivity contribution in [2.45, 2.75) is 26.8 Å². The highest BCUT2D eigenvalue weighted by Gasteiger charge is 2.15. The average Bonchev–Trinajstić information content (AvgIpc) is 2.56. The van der Waals surface area contributed by atoms with Crippen LogP contribution in [0.15, 0.2) is 42.5 Å². The molecule has 0 unspecified atom stereocenters. The van der Waals surface area contributed by atoms with Crippen LogP contribution in [0.4, 0.5) is 10.1 Å². The van der Waals surface area contributed by atoms with Crippen molar-refractivity contribution in [3.05, 3.63) is 64.4 Å². The fourth-order valence-electron chi connectivity index (χ4n) is 2.45. The summed E-state index contributed by atoms with van der Waals surface area (Å²) in [6, 6.07) is 11.9. The molecular weight excluding hydrogens is 343 g/mol. The average molecular weight is 363 g/mol. The molecule has 0 spiro atoms. The summed E-state index contributed by atoms with van der Waals surface area (Å²) in [5.41, 5.74) is 2.61. The van der Waals surface area contributed by atoms with Crippen LogP contribution in [0.2, 0.25) is 5.02 Å². The molecule has 6 heteroatoms. The second-order valence-electron chi connectivity index (χ2n) is 5.78. The van der Waals surface area contributed by atoms with Gasteiger partial charge in [0.1, 0.15) is 5.82 Å². The lowest BCUT2D eigenvalue weighted by molar-refractivity contribution is -0.121. The summed E-state index contributed by atoms with van der Waals surface area (Å²) < 4.78 is 13.3. The van der Waals surface area contributed by atoms with Gasteiger partial charge in [-0.2, -0.15) is 0 Å². The van der Waals surface area contributed by atoms with Gasteiger partial charge in [-0.3, -0.25) is 9.59 Å². The number of carbonyl (C=O) groups is 2. The van der Waals surface area contributed by atoms with E-state index in [0.717, 1.165) is 11.1 Å². The number of benzene rings is 2. The van der Waals surface area contributed by atoms with E-state index >= 15 is 0 Å². The highest BCUT2D eigenvalue weighted by molar-refractivity contribution is 6.31. The number of nitrogens with one attached hydrogen (secondary N) is 1. The van der Waals surface area contributed by atoms with E-state index in [1.165, 1.54) is 30.0 Å². The topological polar surface area (TPSA) is 49.4 Å². The van der Waals surface area contributed by atoms with Gasteiger partial charge in [-0.05, 0) is 30.7 Å². The smallest absolute Gasteiger partial charge is 0.223 e. The molecule has 0 saturated heterocycles.